The van der Waals surface area contributed by atoms with Crippen LogP contribution >= 0.6 is 0 Å². The van der Waals surface area contributed by atoms with Gasteiger partial charge in [0.25, 0.3) is 5.91 Å². The Morgan fingerprint density at radius 1 is 1.11 bits per heavy atom. The number of hydrogen-bond acceptors (Lipinski definition) is 5. The zero-order valence-corrected chi connectivity index (χ0v) is 15.5. The first-order chi connectivity index (χ1) is 13.1. The van der Waals surface area contributed by atoms with Crippen LogP contribution in [0.4, 0.5) is 4.79 Å². The van der Waals surface area contributed by atoms with Gasteiger partial charge in [0.2, 0.25) is 0 Å². The van der Waals surface area contributed by atoms with Crippen molar-refractivity contribution < 1.29 is 14.3 Å². The molecule has 0 bridgehead atoms. The zero-order chi connectivity index (χ0) is 18.8. The number of rotatable bonds is 5. The van der Waals surface area contributed by atoms with E-state index in [-0.39, 0.29) is 17.8 Å². The molecule has 4 rings (SSSR count). The van der Waals surface area contributed by atoms with E-state index in [4.69, 9.17) is 10.5 Å². The van der Waals surface area contributed by atoms with E-state index in [1.165, 1.54) is 19.3 Å². The predicted molar refractivity (Wildman–Crippen MR) is 99.1 cm³/mol. The van der Waals surface area contributed by atoms with Crippen molar-refractivity contribution in [1.82, 2.24) is 19.7 Å². The first-order valence-electron chi connectivity index (χ1n) is 9.74. The molecule has 2 aliphatic heterocycles. The number of likely N-dealkylation sites (tertiary alicyclic amines) is 1. The molecular formula is C19H27N5O3. The van der Waals surface area contributed by atoms with Crippen molar-refractivity contribution in [3.63, 3.8) is 0 Å². The lowest BCUT2D eigenvalue weighted by molar-refractivity contribution is -0.0519. The number of piperazine rings is 1. The largest absolute Gasteiger partial charge is 0.370 e. The molecule has 3 amide bonds. The molecular weight excluding hydrogens is 346 g/mol. The van der Waals surface area contributed by atoms with Crippen LogP contribution in [0.2, 0.25) is 0 Å². The van der Waals surface area contributed by atoms with Gasteiger partial charge >= 0.3 is 6.03 Å². The molecule has 8 nitrogen and oxygen atoms in total. The summed E-state index contributed by atoms with van der Waals surface area (Å²) in [4.78, 5) is 34.0. The van der Waals surface area contributed by atoms with Crippen LogP contribution < -0.4 is 5.73 Å². The fourth-order valence-electron chi connectivity index (χ4n) is 3.80. The number of nitrogens with zero attached hydrogens (tertiary/aromatic N) is 4. The highest BCUT2D eigenvalue weighted by Gasteiger charge is 2.36. The van der Waals surface area contributed by atoms with Crippen molar-refractivity contribution in [2.75, 3.05) is 39.3 Å². The lowest BCUT2D eigenvalue weighted by Gasteiger charge is -2.46. The molecule has 0 spiro atoms. The molecule has 8 heteroatoms. The molecule has 3 aliphatic rings. The summed E-state index contributed by atoms with van der Waals surface area (Å²) in [6.07, 6.45) is 5.65. The number of primary amides is 1. The SMILES string of the molecule is NC(=O)c1ccc(COC2CN(C(=O)N3CCN(C4CCC4)CC3)C2)cn1. The molecule has 3 heterocycles. The van der Waals surface area contributed by atoms with Crippen molar-refractivity contribution in [3.8, 4) is 0 Å². The second-order valence-electron chi connectivity index (χ2n) is 7.64. The van der Waals surface area contributed by atoms with Gasteiger partial charge in [-0.25, -0.2) is 4.79 Å². The number of carbonyl (C=O) groups is 2. The molecule has 1 aromatic heterocycles. The van der Waals surface area contributed by atoms with E-state index in [0.717, 1.165) is 37.8 Å². The second kappa shape index (κ2) is 7.82. The van der Waals surface area contributed by atoms with Crippen LogP contribution in [0.3, 0.4) is 0 Å². The normalized spacial score (nSPS) is 21.6. The Bertz CT molecular complexity index is 677. The van der Waals surface area contributed by atoms with Gasteiger partial charge in [0.15, 0.2) is 0 Å². The lowest BCUT2D eigenvalue weighted by Crippen LogP contribution is -2.61. The summed E-state index contributed by atoms with van der Waals surface area (Å²) >= 11 is 0. The van der Waals surface area contributed by atoms with Gasteiger partial charge in [0.1, 0.15) is 5.69 Å². The minimum Gasteiger partial charge on any atom is -0.370 e. The average Bonchev–Trinajstić information content (AvgIpc) is 2.60. The van der Waals surface area contributed by atoms with Gasteiger partial charge in [-0.2, -0.15) is 0 Å². The summed E-state index contributed by atoms with van der Waals surface area (Å²) in [6, 6.07) is 4.28. The van der Waals surface area contributed by atoms with Crippen LogP contribution in [0.1, 0.15) is 35.3 Å². The topological polar surface area (TPSA) is 92.0 Å². The highest BCUT2D eigenvalue weighted by atomic mass is 16.5. The highest BCUT2D eigenvalue weighted by molar-refractivity contribution is 5.90. The third-order valence-electron chi connectivity index (χ3n) is 5.86. The second-order valence-corrected chi connectivity index (χ2v) is 7.64. The maximum absolute atomic E-state index is 12.6. The quantitative estimate of drug-likeness (QED) is 0.819. The van der Waals surface area contributed by atoms with E-state index in [0.29, 0.717) is 19.7 Å². The number of pyridine rings is 1. The van der Waals surface area contributed by atoms with Gasteiger partial charge in [0, 0.05) is 38.4 Å². The van der Waals surface area contributed by atoms with Crippen molar-refractivity contribution in [2.45, 2.75) is 38.0 Å². The van der Waals surface area contributed by atoms with Gasteiger partial charge in [-0.15, -0.1) is 0 Å². The molecule has 27 heavy (non-hydrogen) atoms. The molecule has 1 aromatic rings. The third-order valence-corrected chi connectivity index (χ3v) is 5.86. The molecule has 3 fully saturated rings. The van der Waals surface area contributed by atoms with E-state index in [9.17, 15) is 9.59 Å². The number of carbonyl (C=O) groups excluding carboxylic acids is 2. The van der Waals surface area contributed by atoms with Crippen LogP contribution in [-0.2, 0) is 11.3 Å². The van der Waals surface area contributed by atoms with Gasteiger partial charge in [-0.3, -0.25) is 14.7 Å². The number of hydrogen-bond donors (Lipinski definition) is 1. The molecule has 2 saturated heterocycles. The Labute approximate surface area is 159 Å². The van der Waals surface area contributed by atoms with Crippen LogP contribution in [0.25, 0.3) is 0 Å². The van der Waals surface area contributed by atoms with Gasteiger partial charge in [-0.1, -0.05) is 12.5 Å². The number of aromatic nitrogens is 1. The number of amides is 3. The first-order valence-corrected chi connectivity index (χ1v) is 9.74. The smallest absolute Gasteiger partial charge is 0.320 e. The first kappa shape index (κ1) is 18.2. The standard InChI is InChI=1S/C19H27N5O3/c20-18(25)17-5-4-14(10-21-17)13-27-16-11-24(12-16)19(26)23-8-6-22(7-9-23)15-2-1-3-15/h4-5,10,15-16H,1-3,6-9,11-13H2,(H2,20,25). The Morgan fingerprint density at radius 2 is 1.85 bits per heavy atom. The van der Waals surface area contributed by atoms with Crippen LogP contribution in [-0.4, -0.2) is 83.0 Å². The summed E-state index contributed by atoms with van der Waals surface area (Å²) in [5, 5.41) is 0. The summed E-state index contributed by atoms with van der Waals surface area (Å²) in [5.41, 5.74) is 6.31. The lowest BCUT2D eigenvalue weighted by atomic mass is 9.91. The molecule has 0 atom stereocenters. The summed E-state index contributed by atoms with van der Waals surface area (Å²) in [5.74, 6) is -0.538. The van der Waals surface area contributed by atoms with E-state index < -0.39 is 5.91 Å². The number of nitrogens with two attached hydrogens (primary N) is 1. The Balaban J connectivity index is 1.16. The summed E-state index contributed by atoms with van der Waals surface area (Å²) in [7, 11) is 0. The van der Waals surface area contributed by atoms with E-state index in [1.54, 1.807) is 18.3 Å². The molecule has 0 aromatic carbocycles. The molecule has 0 radical (unpaired) electrons. The highest BCUT2D eigenvalue weighted by Crippen LogP contribution is 2.26. The van der Waals surface area contributed by atoms with Gasteiger partial charge < -0.3 is 20.3 Å². The van der Waals surface area contributed by atoms with Gasteiger partial charge in [-0.05, 0) is 24.5 Å². The minimum absolute atomic E-state index is 0.0565. The minimum atomic E-state index is -0.538. The van der Waals surface area contributed by atoms with Crippen molar-refractivity contribution in [2.24, 2.45) is 5.73 Å². The van der Waals surface area contributed by atoms with Crippen molar-refractivity contribution in [3.05, 3.63) is 29.6 Å². The van der Waals surface area contributed by atoms with E-state index in [1.807, 2.05) is 9.80 Å². The average molecular weight is 373 g/mol. The summed E-state index contributed by atoms with van der Waals surface area (Å²) in [6.45, 7) is 5.34. The molecule has 2 N–H and O–H groups in total. The Kier molecular flexibility index (Phi) is 5.27. The van der Waals surface area contributed by atoms with E-state index in [2.05, 4.69) is 9.88 Å². The van der Waals surface area contributed by atoms with Crippen LogP contribution in [0.5, 0.6) is 0 Å². The van der Waals surface area contributed by atoms with Crippen molar-refractivity contribution in [1.29, 1.82) is 0 Å². The van der Waals surface area contributed by atoms with E-state index >= 15 is 0 Å². The Morgan fingerprint density at radius 3 is 2.41 bits per heavy atom. The molecule has 1 saturated carbocycles. The maximum Gasteiger partial charge on any atom is 0.320 e. The monoisotopic (exact) mass is 373 g/mol. The summed E-state index contributed by atoms with van der Waals surface area (Å²) < 4.78 is 5.83. The number of urea groups is 1. The van der Waals surface area contributed by atoms with Crippen LogP contribution in [0, 0.1) is 0 Å². The van der Waals surface area contributed by atoms with Gasteiger partial charge in [0.05, 0.1) is 25.8 Å². The number of ether oxygens (including phenoxy) is 1. The Hall–Kier alpha value is -2.19. The molecule has 1 aliphatic carbocycles. The third kappa shape index (κ3) is 4.06. The maximum atomic E-state index is 12.6. The predicted octanol–water partition coefficient (Wildman–Crippen LogP) is 0.671. The van der Waals surface area contributed by atoms with Crippen LogP contribution in [0.15, 0.2) is 18.3 Å². The fraction of sp³-hybridized carbons (Fsp3) is 0.632. The van der Waals surface area contributed by atoms with Crippen molar-refractivity contribution >= 4 is 11.9 Å². The zero-order valence-electron chi connectivity index (χ0n) is 15.5. The molecule has 0 unspecified atom stereocenters. The fourth-order valence-corrected chi connectivity index (χ4v) is 3.80. The molecule has 146 valence electrons.